The predicted octanol–water partition coefficient (Wildman–Crippen LogP) is 1.97. The topological polar surface area (TPSA) is 41.9 Å². The summed E-state index contributed by atoms with van der Waals surface area (Å²) in [6.45, 7) is 0.824. The van der Waals surface area contributed by atoms with Gasteiger partial charge in [-0.05, 0) is 44.1 Å². The molecule has 1 aromatic rings. The van der Waals surface area contributed by atoms with Gasteiger partial charge in [-0.15, -0.1) is 0 Å². The van der Waals surface area contributed by atoms with Gasteiger partial charge in [0.25, 0.3) is 0 Å². The molecule has 3 rings (SSSR count). The third-order valence-corrected chi connectivity index (χ3v) is 4.79. The van der Waals surface area contributed by atoms with Gasteiger partial charge >= 0.3 is 0 Å². The highest BCUT2D eigenvalue weighted by Gasteiger charge is 2.48. The van der Waals surface area contributed by atoms with Crippen LogP contribution in [0, 0.1) is 0 Å². The van der Waals surface area contributed by atoms with Crippen molar-refractivity contribution in [1.29, 1.82) is 0 Å². The number of hydrogen-bond donors (Lipinski definition) is 1. The number of hydrogen-bond acceptors (Lipinski definition) is 4. The smallest absolute Gasteiger partial charge is 0.161 e. The monoisotopic (exact) mass is 295 g/mol. The summed E-state index contributed by atoms with van der Waals surface area (Å²) in [6.07, 6.45) is 4.56. The van der Waals surface area contributed by atoms with Crippen LogP contribution in [0.3, 0.4) is 0 Å². The number of ether oxygens (including phenoxy) is 2. The number of aliphatic hydroxyl groups is 1. The second-order valence-electron chi connectivity index (χ2n) is 5.81. The Labute approximate surface area is 134 Å². The highest BCUT2D eigenvalue weighted by atomic mass is 16.5. The molecule has 0 bridgehead atoms. The zero-order chi connectivity index (χ0) is 20.0. The summed E-state index contributed by atoms with van der Waals surface area (Å²) in [5, 5.41) is 10.0. The van der Waals surface area contributed by atoms with Crippen LogP contribution in [0.2, 0.25) is 0 Å². The Balaban J connectivity index is 2.06. The molecule has 21 heavy (non-hydrogen) atoms. The van der Waals surface area contributed by atoms with Crippen molar-refractivity contribution in [2.24, 2.45) is 0 Å². The molecule has 114 valence electrons. The average Bonchev–Trinajstić information content (AvgIpc) is 2.84. The fourth-order valence-electron chi connectivity index (χ4n) is 3.65. The maximum absolute atomic E-state index is 10.0. The molecule has 1 saturated heterocycles. The Hall–Kier alpha value is -1.52. The normalized spacial score (nSPS) is 37.4. The number of fused-ring (bicyclic) bond motifs is 1. The lowest BCUT2D eigenvalue weighted by molar-refractivity contribution is 0.137. The van der Waals surface area contributed by atoms with Gasteiger partial charge in [0.05, 0.1) is 28.4 Å². The molecule has 3 atom stereocenters. The van der Waals surface area contributed by atoms with Crippen LogP contribution >= 0.6 is 0 Å². The molecule has 1 heterocycles. The van der Waals surface area contributed by atoms with Gasteiger partial charge < -0.3 is 19.5 Å². The molecule has 0 radical (unpaired) electrons. The molecule has 1 aliphatic carbocycles. The second kappa shape index (κ2) is 5.35. The standard InChI is InChI=1S/C17H23NO3/c1-18-9-8-17(7-6-13(19)11-16(17)18)12-4-5-14(20-2)15(10-12)21-3/h4-7,10,13,16,19H,8-9,11H2,1-3H3/t13-,16-,17-/m0/s1/i2D3,3D3. The minimum atomic E-state index is -2.74. The van der Waals surface area contributed by atoms with E-state index in [0.29, 0.717) is 6.42 Å². The fourth-order valence-corrected chi connectivity index (χ4v) is 3.65. The lowest BCUT2D eigenvalue weighted by atomic mass is 9.69. The van der Waals surface area contributed by atoms with Gasteiger partial charge in [-0.25, -0.2) is 0 Å². The van der Waals surface area contributed by atoms with E-state index in [1.54, 1.807) is 18.2 Å². The summed E-state index contributed by atoms with van der Waals surface area (Å²) in [5.74, 6) is -0.278. The Morgan fingerprint density at radius 2 is 2.14 bits per heavy atom. The van der Waals surface area contributed by atoms with Crippen LogP contribution in [0.1, 0.15) is 26.6 Å². The van der Waals surface area contributed by atoms with E-state index < -0.39 is 25.6 Å². The van der Waals surface area contributed by atoms with Gasteiger partial charge in [0, 0.05) is 11.5 Å². The largest absolute Gasteiger partial charge is 0.493 e. The summed E-state index contributed by atoms with van der Waals surface area (Å²) >= 11 is 0. The SMILES string of the molecule is [2H]C([2H])([2H])Oc1ccc([C@@]23C=C[C@H](O)C[C@@H]2N(C)CC3)cc1OC([2H])([2H])[2H]. The van der Waals surface area contributed by atoms with Crippen LogP contribution in [0.5, 0.6) is 11.5 Å². The van der Waals surface area contributed by atoms with Crippen molar-refractivity contribution in [1.82, 2.24) is 4.90 Å². The van der Waals surface area contributed by atoms with Crippen molar-refractivity contribution in [3.8, 4) is 11.5 Å². The van der Waals surface area contributed by atoms with Crippen LogP contribution in [0.25, 0.3) is 0 Å². The molecule has 0 saturated carbocycles. The van der Waals surface area contributed by atoms with Gasteiger partial charge in [0.1, 0.15) is 0 Å². The van der Waals surface area contributed by atoms with Crippen molar-refractivity contribution in [3.05, 3.63) is 35.9 Å². The molecule has 1 N–H and O–H groups in total. The Morgan fingerprint density at radius 1 is 1.33 bits per heavy atom. The first-order valence-corrected chi connectivity index (χ1v) is 7.00. The molecule has 0 amide bonds. The average molecular weight is 295 g/mol. The van der Waals surface area contributed by atoms with Crippen LogP contribution in [-0.2, 0) is 5.41 Å². The fraction of sp³-hybridized carbons (Fsp3) is 0.529. The third kappa shape index (κ3) is 2.23. The Kier molecular flexibility index (Phi) is 2.25. The molecule has 4 heteroatoms. The van der Waals surface area contributed by atoms with Crippen molar-refractivity contribution in [2.75, 3.05) is 27.7 Å². The van der Waals surface area contributed by atoms with Crippen molar-refractivity contribution < 1.29 is 22.8 Å². The molecule has 1 aromatic carbocycles. The lowest BCUT2D eigenvalue weighted by Crippen LogP contribution is -2.44. The molecule has 4 nitrogen and oxygen atoms in total. The molecular formula is C17H23NO3. The summed E-state index contributed by atoms with van der Waals surface area (Å²) in [5.41, 5.74) is 0.399. The van der Waals surface area contributed by atoms with Crippen molar-refractivity contribution in [2.45, 2.75) is 30.4 Å². The first-order chi connectivity index (χ1) is 12.4. The van der Waals surface area contributed by atoms with Gasteiger partial charge in [0.15, 0.2) is 11.5 Å². The number of aliphatic hydroxyl groups excluding tert-OH is 1. The maximum atomic E-state index is 10.0. The van der Waals surface area contributed by atoms with Crippen LogP contribution in [0.15, 0.2) is 30.4 Å². The molecule has 0 aromatic heterocycles. The van der Waals surface area contributed by atoms with Gasteiger partial charge in [-0.1, -0.05) is 18.2 Å². The molecule has 1 aliphatic heterocycles. The number of rotatable bonds is 3. The van der Waals surface area contributed by atoms with E-state index in [1.807, 2.05) is 13.1 Å². The van der Waals surface area contributed by atoms with Gasteiger partial charge in [0.2, 0.25) is 0 Å². The summed E-state index contributed by atoms with van der Waals surface area (Å²) in [7, 11) is -3.48. The van der Waals surface area contributed by atoms with E-state index in [2.05, 4.69) is 4.90 Å². The first kappa shape index (κ1) is 8.81. The second-order valence-corrected chi connectivity index (χ2v) is 5.81. The lowest BCUT2D eigenvalue weighted by Gasteiger charge is -2.39. The maximum Gasteiger partial charge on any atom is 0.161 e. The zero-order valence-corrected chi connectivity index (χ0v) is 11.9. The van der Waals surface area contributed by atoms with Crippen molar-refractivity contribution >= 4 is 0 Å². The van der Waals surface area contributed by atoms with Gasteiger partial charge in [-0.3, -0.25) is 0 Å². The highest BCUT2D eigenvalue weighted by molar-refractivity contribution is 5.48. The van der Waals surface area contributed by atoms with E-state index in [1.165, 1.54) is 6.07 Å². The molecular weight excluding hydrogens is 266 g/mol. The minimum absolute atomic E-state index is 0.0486. The summed E-state index contributed by atoms with van der Waals surface area (Å²) in [6, 6.07) is 4.77. The molecule has 0 unspecified atom stereocenters. The number of benzene rings is 1. The molecule has 0 spiro atoms. The van der Waals surface area contributed by atoms with E-state index in [9.17, 15) is 5.11 Å². The summed E-state index contributed by atoms with van der Waals surface area (Å²) < 4.78 is 53.9. The highest BCUT2D eigenvalue weighted by Crippen LogP contribution is 2.46. The Bertz CT molecular complexity index is 732. The van der Waals surface area contributed by atoms with E-state index in [0.717, 1.165) is 18.5 Å². The van der Waals surface area contributed by atoms with Crippen LogP contribution in [0.4, 0.5) is 0 Å². The van der Waals surface area contributed by atoms with E-state index in [-0.39, 0.29) is 17.5 Å². The third-order valence-electron chi connectivity index (χ3n) is 4.79. The van der Waals surface area contributed by atoms with E-state index in [4.69, 9.17) is 17.7 Å². The van der Waals surface area contributed by atoms with Crippen molar-refractivity contribution in [3.63, 3.8) is 0 Å². The van der Waals surface area contributed by atoms with Gasteiger partial charge in [-0.2, -0.15) is 0 Å². The number of likely N-dealkylation sites (tertiary alicyclic amines) is 1. The number of likely N-dealkylation sites (N-methyl/N-ethyl adjacent to an activating group) is 1. The molecule has 1 fully saturated rings. The quantitative estimate of drug-likeness (QED) is 0.866. The van der Waals surface area contributed by atoms with Crippen LogP contribution < -0.4 is 9.47 Å². The molecule has 2 aliphatic rings. The van der Waals surface area contributed by atoms with E-state index >= 15 is 0 Å². The summed E-state index contributed by atoms with van der Waals surface area (Å²) in [4.78, 5) is 2.17. The Morgan fingerprint density at radius 3 is 2.95 bits per heavy atom. The minimum Gasteiger partial charge on any atom is -0.493 e. The predicted molar refractivity (Wildman–Crippen MR) is 82.0 cm³/mol. The zero-order valence-electron chi connectivity index (χ0n) is 17.9. The van der Waals surface area contributed by atoms with Crippen LogP contribution in [-0.4, -0.2) is 49.8 Å². The first-order valence-electron chi connectivity index (χ1n) is 10.00. The number of methoxy groups -OCH3 is 2. The number of nitrogens with zero attached hydrogens (tertiary/aromatic N) is 1.